The minimum Gasteiger partial charge on any atom is -0.506 e. The van der Waals surface area contributed by atoms with Crippen molar-refractivity contribution < 1.29 is 5.11 Å². The van der Waals surface area contributed by atoms with Gasteiger partial charge in [0.2, 0.25) is 0 Å². The van der Waals surface area contributed by atoms with Gasteiger partial charge in [0, 0.05) is 23.0 Å². The van der Waals surface area contributed by atoms with E-state index in [9.17, 15) is 9.90 Å². The first-order valence-electron chi connectivity index (χ1n) is 6.96. The summed E-state index contributed by atoms with van der Waals surface area (Å²) >= 11 is 5.79. The zero-order valence-electron chi connectivity index (χ0n) is 12.3. The zero-order chi connectivity index (χ0) is 16.4. The number of hydrogen-bond acceptors (Lipinski definition) is 3. The lowest BCUT2D eigenvalue weighted by Crippen LogP contribution is -2.17. The number of halogens is 1. The second-order valence-electron chi connectivity index (χ2n) is 5.02. The fraction of sp³-hybridized carbons (Fsp3) is 0.0588. The molecule has 0 saturated carbocycles. The molecule has 1 heterocycles. The molecule has 23 heavy (non-hydrogen) atoms. The van der Waals surface area contributed by atoms with Crippen LogP contribution in [-0.4, -0.2) is 21.1 Å². The van der Waals surface area contributed by atoms with Gasteiger partial charge in [-0.1, -0.05) is 29.8 Å². The minimum atomic E-state index is -0.203. The Morgan fingerprint density at radius 1 is 1.22 bits per heavy atom. The Kier molecular flexibility index (Phi) is 4.04. The number of aromatic nitrogens is 2. The molecule has 2 aromatic carbocycles. The summed E-state index contributed by atoms with van der Waals surface area (Å²) < 4.78 is 1.46. The number of nitrogens with zero attached hydrogens (tertiary/aromatic N) is 2. The Morgan fingerprint density at radius 2 is 1.96 bits per heavy atom. The largest absolute Gasteiger partial charge is 0.506 e. The maximum Gasteiger partial charge on any atom is 0.280 e. The molecule has 0 aliphatic heterocycles. The van der Waals surface area contributed by atoms with Gasteiger partial charge in [0.05, 0.1) is 11.3 Å². The summed E-state index contributed by atoms with van der Waals surface area (Å²) in [5, 5.41) is 13.2. The molecule has 3 rings (SSSR count). The predicted octanol–water partition coefficient (Wildman–Crippen LogP) is 3.58. The van der Waals surface area contributed by atoms with E-state index in [-0.39, 0.29) is 11.3 Å². The van der Waals surface area contributed by atoms with Crippen LogP contribution in [0.1, 0.15) is 11.3 Å². The number of aromatic amines is 1. The van der Waals surface area contributed by atoms with Gasteiger partial charge in [0.1, 0.15) is 11.4 Å². The van der Waals surface area contributed by atoms with Crippen LogP contribution in [0.25, 0.3) is 5.69 Å². The summed E-state index contributed by atoms with van der Waals surface area (Å²) in [7, 11) is 0. The standard InChI is InChI=1S/C17H14ClN3O2/c1-11-14(10-19-15-8-7-12(18)9-16(15)22)17(23)21(20-11)13-5-3-2-4-6-13/h2-10,20,22H,1H3. The number of aliphatic imine (C=N–C) groups is 1. The monoisotopic (exact) mass is 327 g/mol. The molecule has 116 valence electrons. The topological polar surface area (TPSA) is 70.4 Å². The Balaban J connectivity index is 2.00. The predicted molar refractivity (Wildman–Crippen MR) is 91.5 cm³/mol. The van der Waals surface area contributed by atoms with Gasteiger partial charge in [-0.05, 0) is 31.2 Å². The van der Waals surface area contributed by atoms with Gasteiger partial charge in [-0.2, -0.15) is 0 Å². The third kappa shape index (κ3) is 3.05. The summed E-state index contributed by atoms with van der Waals surface area (Å²) in [6.07, 6.45) is 1.44. The van der Waals surface area contributed by atoms with Crippen molar-refractivity contribution >= 4 is 23.5 Å². The maximum atomic E-state index is 12.5. The number of aryl methyl sites for hydroxylation is 1. The van der Waals surface area contributed by atoms with Crippen LogP contribution < -0.4 is 5.56 Å². The molecule has 6 heteroatoms. The zero-order valence-corrected chi connectivity index (χ0v) is 13.1. The van der Waals surface area contributed by atoms with Gasteiger partial charge in [-0.25, -0.2) is 4.68 Å². The molecule has 0 aliphatic rings. The number of phenolic OH excluding ortho intramolecular Hbond substituents is 1. The highest BCUT2D eigenvalue weighted by Crippen LogP contribution is 2.28. The molecule has 0 aliphatic carbocycles. The molecule has 0 bridgehead atoms. The molecular formula is C17H14ClN3O2. The molecule has 5 nitrogen and oxygen atoms in total. The molecule has 0 spiro atoms. The normalized spacial score (nSPS) is 11.2. The van der Waals surface area contributed by atoms with Crippen LogP contribution in [-0.2, 0) is 0 Å². The first-order chi connectivity index (χ1) is 11.1. The minimum absolute atomic E-state index is 0.0367. The number of hydrogen-bond donors (Lipinski definition) is 2. The highest BCUT2D eigenvalue weighted by Gasteiger charge is 2.10. The van der Waals surface area contributed by atoms with Crippen LogP contribution in [0.15, 0.2) is 58.3 Å². The van der Waals surface area contributed by atoms with Gasteiger partial charge in [-0.15, -0.1) is 0 Å². The maximum absolute atomic E-state index is 12.5. The van der Waals surface area contributed by atoms with Gasteiger partial charge in [-0.3, -0.25) is 14.9 Å². The lowest BCUT2D eigenvalue weighted by molar-refractivity contribution is 0.477. The van der Waals surface area contributed by atoms with E-state index < -0.39 is 0 Å². The van der Waals surface area contributed by atoms with Gasteiger partial charge in [0.15, 0.2) is 0 Å². The highest BCUT2D eigenvalue weighted by molar-refractivity contribution is 6.30. The average Bonchev–Trinajstić information content (AvgIpc) is 2.82. The van der Waals surface area contributed by atoms with Crippen LogP contribution in [0, 0.1) is 6.92 Å². The molecule has 0 amide bonds. The number of phenols is 1. The summed E-state index contributed by atoms with van der Waals surface area (Å²) in [4.78, 5) is 16.7. The van der Waals surface area contributed by atoms with E-state index in [4.69, 9.17) is 11.6 Å². The first kappa shape index (κ1) is 15.1. The van der Waals surface area contributed by atoms with E-state index in [1.165, 1.54) is 17.0 Å². The second kappa shape index (κ2) is 6.14. The highest BCUT2D eigenvalue weighted by atomic mass is 35.5. The van der Waals surface area contributed by atoms with Crippen molar-refractivity contribution in [1.82, 2.24) is 9.78 Å². The number of nitrogens with one attached hydrogen (secondary N) is 1. The molecule has 3 aromatic rings. The molecule has 1 aromatic heterocycles. The number of rotatable bonds is 3. The SMILES string of the molecule is Cc1[nH]n(-c2ccccc2)c(=O)c1C=Nc1ccc(Cl)cc1O. The lowest BCUT2D eigenvalue weighted by atomic mass is 10.2. The van der Waals surface area contributed by atoms with Crippen LogP contribution in [0.4, 0.5) is 5.69 Å². The molecule has 0 atom stereocenters. The number of aromatic hydroxyl groups is 1. The number of para-hydroxylation sites is 1. The van der Waals surface area contributed by atoms with E-state index >= 15 is 0 Å². The van der Waals surface area contributed by atoms with Crippen molar-refractivity contribution in [1.29, 1.82) is 0 Å². The fourth-order valence-corrected chi connectivity index (χ4v) is 2.38. The molecular weight excluding hydrogens is 314 g/mol. The van der Waals surface area contributed by atoms with Crippen molar-refractivity contribution in [3.63, 3.8) is 0 Å². The van der Waals surface area contributed by atoms with Gasteiger partial charge >= 0.3 is 0 Å². The third-order valence-corrected chi connectivity index (χ3v) is 3.64. The average molecular weight is 328 g/mol. The Bertz CT molecular complexity index is 927. The first-order valence-corrected chi connectivity index (χ1v) is 7.33. The van der Waals surface area contributed by atoms with Crippen LogP contribution in [0.2, 0.25) is 5.02 Å². The molecule has 2 N–H and O–H groups in total. The van der Waals surface area contributed by atoms with Gasteiger partial charge in [0.25, 0.3) is 5.56 Å². The van der Waals surface area contributed by atoms with Crippen LogP contribution in [0.3, 0.4) is 0 Å². The molecule has 0 radical (unpaired) electrons. The Hall–Kier alpha value is -2.79. The molecule has 0 saturated heterocycles. The summed E-state index contributed by atoms with van der Waals surface area (Å²) in [5.74, 6) is -0.0367. The van der Waals surface area contributed by atoms with E-state index in [1.807, 2.05) is 30.3 Å². The van der Waals surface area contributed by atoms with Crippen molar-refractivity contribution in [2.75, 3.05) is 0 Å². The quantitative estimate of drug-likeness (QED) is 0.722. The molecule has 0 unspecified atom stereocenters. The Morgan fingerprint density at radius 3 is 2.65 bits per heavy atom. The second-order valence-corrected chi connectivity index (χ2v) is 5.45. The van der Waals surface area contributed by atoms with Gasteiger partial charge < -0.3 is 5.11 Å². The summed E-state index contributed by atoms with van der Waals surface area (Å²) in [6.45, 7) is 1.80. The van der Waals surface area contributed by atoms with Crippen LogP contribution in [0.5, 0.6) is 5.75 Å². The van der Waals surface area contributed by atoms with E-state index in [2.05, 4.69) is 10.1 Å². The number of benzene rings is 2. The van der Waals surface area contributed by atoms with Crippen molar-refractivity contribution in [2.24, 2.45) is 4.99 Å². The van der Waals surface area contributed by atoms with E-state index in [0.717, 1.165) is 5.69 Å². The van der Waals surface area contributed by atoms with E-state index in [1.54, 1.807) is 19.1 Å². The summed E-state index contributed by atoms with van der Waals surface area (Å²) in [6, 6.07) is 13.9. The smallest absolute Gasteiger partial charge is 0.280 e. The Labute approximate surface area is 137 Å². The third-order valence-electron chi connectivity index (χ3n) is 3.40. The van der Waals surface area contributed by atoms with Crippen molar-refractivity contribution in [2.45, 2.75) is 6.92 Å². The summed E-state index contributed by atoms with van der Waals surface area (Å²) in [5.41, 5.74) is 2.01. The fourth-order valence-electron chi connectivity index (χ4n) is 2.21. The number of H-pyrrole nitrogens is 1. The molecule has 0 fully saturated rings. The van der Waals surface area contributed by atoms with Crippen molar-refractivity contribution in [3.05, 3.63) is 75.2 Å². The van der Waals surface area contributed by atoms with E-state index in [0.29, 0.717) is 22.0 Å². The van der Waals surface area contributed by atoms with Crippen LogP contribution >= 0.6 is 11.6 Å². The lowest BCUT2D eigenvalue weighted by Gasteiger charge is -1.99. The van der Waals surface area contributed by atoms with Crippen molar-refractivity contribution in [3.8, 4) is 11.4 Å².